The van der Waals surface area contributed by atoms with Crippen molar-refractivity contribution < 1.29 is 17.9 Å². The van der Waals surface area contributed by atoms with Gasteiger partial charge in [0.25, 0.3) is 0 Å². The van der Waals surface area contributed by atoms with E-state index in [4.69, 9.17) is 4.74 Å². The molecule has 27 heavy (non-hydrogen) atoms. The van der Waals surface area contributed by atoms with E-state index in [0.29, 0.717) is 0 Å². The molecule has 0 spiro atoms. The Balaban J connectivity index is 3.24. The molecule has 0 aliphatic rings. The van der Waals surface area contributed by atoms with Crippen LogP contribution in [-0.4, -0.2) is 33.8 Å². The van der Waals surface area contributed by atoms with Gasteiger partial charge < -0.3 is 4.74 Å². The molecule has 5 nitrogen and oxygen atoms in total. The van der Waals surface area contributed by atoms with Crippen LogP contribution in [0.1, 0.15) is 96.8 Å². The Hall–Kier alpha value is -0.880. The summed E-state index contributed by atoms with van der Waals surface area (Å²) in [5.74, 6) is -0.408. The van der Waals surface area contributed by atoms with Crippen LogP contribution < -0.4 is 4.72 Å². The average Bonchev–Trinajstić information content (AvgIpc) is 2.59. The topological polar surface area (TPSA) is 72.5 Å². The first-order valence-electron chi connectivity index (χ1n) is 10.7. The van der Waals surface area contributed by atoms with Gasteiger partial charge in [0.1, 0.15) is 0 Å². The number of ether oxygens (including phenoxy) is 1. The first-order valence-corrected chi connectivity index (χ1v) is 12.6. The summed E-state index contributed by atoms with van der Waals surface area (Å²) in [5, 5.41) is 0. The van der Waals surface area contributed by atoms with E-state index in [1.54, 1.807) is 0 Å². The van der Waals surface area contributed by atoms with E-state index in [1.165, 1.54) is 44.9 Å². The summed E-state index contributed by atoms with van der Waals surface area (Å²) in [6.07, 6.45) is 20.8. The van der Waals surface area contributed by atoms with Crippen LogP contribution in [0.5, 0.6) is 0 Å². The molecule has 6 heteroatoms. The molecule has 0 rings (SSSR count). The van der Waals surface area contributed by atoms with E-state index in [2.05, 4.69) is 19.1 Å². The Morgan fingerprint density at radius 3 is 2.11 bits per heavy atom. The zero-order chi connectivity index (χ0) is 20.2. The molecule has 0 bridgehead atoms. The van der Waals surface area contributed by atoms with Gasteiger partial charge in [0, 0.05) is 13.0 Å². The van der Waals surface area contributed by atoms with E-state index in [0.717, 1.165) is 58.0 Å². The second-order valence-corrected chi connectivity index (χ2v) is 8.99. The highest BCUT2D eigenvalue weighted by molar-refractivity contribution is 7.89. The summed E-state index contributed by atoms with van der Waals surface area (Å²) >= 11 is 0. The first kappa shape index (κ1) is 26.1. The molecular formula is C21H41NO4S. The maximum atomic E-state index is 11.3. The van der Waals surface area contributed by atoms with Crippen LogP contribution in [-0.2, 0) is 19.6 Å². The van der Waals surface area contributed by atoms with Gasteiger partial charge in [0.05, 0.1) is 12.9 Å². The van der Waals surface area contributed by atoms with Gasteiger partial charge in [-0.25, -0.2) is 8.42 Å². The molecular weight excluding hydrogens is 362 g/mol. The zero-order valence-corrected chi connectivity index (χ0v) is 18.3. The lowest BCUT2D eigenvalue weighted by molar-refractivity contribution is -0.119. The van der Waals surface area contributed by atoms with E-state index in [-0.39, 0.29) is 6.42 Å². The van der Waals surface area contributed by atoms with Gasteiger partial charge >= 0.3 is 0 Å². The van der Waals surface area contributed by atoms with Crippen LogP contribution in [0.25, 0.3) is 0 Å². The smallest absolute Gasteiger partial charge is 0.233 e. The van der Waals surface area contributed by atoms with Gasteiger partial charge in [-0.3, -0.25) is 9.52 Å². The van der Waals surface area contributed by atoms with Gasteiger partial charge in [-0.15, -0.1) is 0 Å². The van der Waals surface area contributed by atoms with Gasteiger partial charge in [0.2, 0.25) is 15.9 Å². The Kier molecular flexibility index (Phi) is 17.9. The predicted molar refractivity (Wildman–Crippen MR) is 113 cm³/mol. The number of hydrogen-bond donors (Lipinski definition) is 1. The molecule has 0 unspecified atom stereocenters. The minimum absolute atomic E-state index is 0.277. The summed E-state index contributed by atoms with van der Waals surface area (Å²) in [7, 11) is -3.42. The maximum absolute atomic E-state index is 11.3. The molecule has 0 saturated heterocycles. The highest BCUT2D eigenvalue weighted by Gasteiger charge is 2.07. The molecule has 0 aliphatic heterocycles. The summed E-state index contributed by atoms with van der Waals surface area (Å²) < 4.78 is 29.4. The Morgan fingerprint density at radius 1 is 0.815 bits per heavy atom. The molecule has 0 radical (unpaired) electrons. The number of carbonyl (C=O) groups excluding carboxylic acids is 1. The normalized spacial score (nSPS) is 11.9. The molecule has 0 aromatic heterocycles. The molecule has 1 amide bonds. The van der Waals surface area contributed by atoms with E-state index in [1.807, 2.05) is 4.72 Å². The second-order valence-electron chi connectivity index (χ2n) is 7.24. The zero-order valence-electron chi connectivity index (χ0n) is 17.5. The fourth-order valence-corrected chi connectivity index (χ4v) is 3.33. The van der Waals surface area contributed by atoms with Gasteiger partial charge in [-0.2, -0.15) is 0 Å². The summed E-state index contributed by atoms with van der Waals surface area (Å²) in [6, 6.07) is 0. The molecule has 0 fully saturated rings. The molecule has 0 aliphatic carbocycles. The van der Waals surface area contributed by atoms with Crippen molar-refractivity contribution >= 4 is 15.9 Å². The van der Waals surface area contributed by atoms with Crippen molar-refractivity contribution in [3.8, 4) is 0 Å². The monoisotopic (exact) mass is 403 g/mol. The van der Waals surface area contributed by atoms with Crippen molar-refractivity contribution in [2.75, 3.05) is 19.5 Å². The SMILES string of the molecule is CCCCCCCCCOCC/C=C\CCCCCCC(=O)NS(C)(=O)=O. The van der Waals surface area contributed by atoms with E-state index >= 15 is 0 Å². The molecule has 0 aromatic rings. The van der Waals surface area contributed by atoms with Crippen LogP contribution in [0.3, 0.4) is 0 Å². The summed E-state index contributed by atoms with van der Waals surface area (Å²) in [5.41, 5.74) is 0. The predicted octanol–water partition coefficient (Wildman–Crippen LogP) is 5.12. The number of unbranched alkanes of at least 4 members (excludes halogenated alkanes) is 10. The van der Waals surface area contributed by atoms with Crippen molar-refractivity contribution in [2.45, 2.75) is 96.8 Å². The maximum Gasteiger partial charge on any atom is 0.233 e. The van der Waals surface area contributed by atoms with Crippen LogP contribution in [0.2, 0.25) is 0 Å². The Labute approximate surface area is 167 Å². The van der Waals surface area contributed by atoms with Crippen molar-refractivity contribution in [3.05, 3.63) is 12.2 Å². The number of nitrogens with one attached hydrogen (secondary N) is 1. The Morgan fingerprint density at radius 2 is 1.41 bits per heavy atom. The molecule has 0 saturated carbocycles. The largest absolute Gasteiger partial charge is 0.381 e. The number of carbonyl (C=O) groups is 1. The fraction of sp³-hybridized carbons (Fsp3) is 0.857. The standard InChI is InChI=1S/C21H41NO4S/c1-3-4-5-6-10-13-16-19-26-20-17-14-11-8-7-9-12-15-18-21(23)22-27(2,24)25/h11,14H,3-10,12-13,15-20H2,1-2H3,(H,22,23)/b14-11-. The Bertz CT molecular complexity index is 475. The third-order valence-corrected chi connectivity index (χ3v) is 4.91. The quantitative estimate of drug-likeness (QED) is 0.240. The molecule has 160 valence electrons. The van der Waals surface area contributed by atoms with Crippen molar-refractivity contribution in [2.24, 2.45) is 0 Å². The lowest BCUT2D eigenvalue weighted by Gasteiger charge is -2.03. The lowest BCUT2D eigenvalue weighted by atomic mass is 10.1. The number of allylic oxidation sites excluding steroid dienone is 1. The van der Waals surface area contributed by atoms with Crippen LogP contribution >= 0.6 is 0 Å². The highest BCUT2D eigenvalue weighted by Crippen LogP contribution is 2.08. The average molecular weight is 404 g/mol. The van der Waals surface area contributed by atoms with Crippen molar-refractivity contribution in [1.82, 2.24) is 4.72 Å². The second kappa shape index (κ2) is 18.5. The van der Waals surface area contributed by atoms with Gasteiger partial charge in [-0.1, -0.05) is 70.4 Å². The highest BCUT2D eigenvalue weighted by atomic mass is 32.2. The fourth-order valence-electron chi connectivity index (χ4n) is 2.81. The van der Waals surface area contributed by atoms with Crippen molar-refractivity contribution in [1.29, 1.82) is 0 Å². The minimum Gasteiger partial charge on any atom is -0.381 e. The third kappa shape index (κ3) is 23.1. The van der Waals surface area contributed by atoms with Crippen LogP contribution in [0.15, 0.2) is 12.2 Å². The molecule has 0 heterocycles. The summed E-state index contributed by atoms with van der Waals surface area (Å²) in [4.78, 5) is 11.3. The lowest BCUT2D eigenvalue weighted by Crippen LogP contribution is -2.28. The number of hydrogen-bond acceptors (Lipinski definition) is 4. The minimum atomic E-state index is -3.42. The number of amides is 1. The summed E-state index contributed by atoms with van der Waals surface area (Å²) in [6.45, 7) is 3.94. The van der Waals surface area contributed by atoms with Crippen LogP contribution in [0, 0.1) is 0 Å². The third-order valence-electron chi connectivity index (χ3n) is 4.31. The first-order chi connectivity index (χ1) is 13.0. The number of rotatable bonds is 19. The van der Waals surface area contributed by atoms with Crippen LogP contribution in [0.4, 0.5) is 0 Å². The van der Waals surface area contributed by atoms with E-state index in [9.17, 15) is 13.2 Å². The molecule has 0 aromatic carbocycles. The van der Waals surface area contributed by atoms with E-state index < -0.39 is 15.9 Å². The number of sulfonamides is 1. The van der Waals surface area contributed by atoms with Gasteiger partial charge in [0.15, 0.2) is 0 Å². The van der Waals surface area contributed by atoms with Crippen molar-refractivity contribution in [3.63, 3.8) is 0 Å². The molecule has 1 N–H and O–H groups in total. The molecule has 0 atom stereocenters. The van der Waals surface area contributed by atoms with Gasteiger partial charge in [-0.05, 0) is 32.1 Å².